The van der Waals surface area contributed by atoms with Crippen molar-refractivity contribution >= 4 is 29.9 Å². The second kappa shape index (κ2) is 10.9. The summed E-state index contributed by atoms with van der Waals surface area (Å²) < 4.78 is 2.07. The largest absolute Gasteiger partial charge is 0.356 e. The normalized spacial score (nSPS) is 19.0. The van der Waals surface area contributed by atoms with Crippen molar-refractivity contribution in [1.29, 1.82) is 0 Å². The molecular weight excluding hydrogens is 415 g/mol. The van der Waals surface area contributed by atoms with Gasteiger partial charge in [0.25, 0.3) is 0 Å². The second-order valence-corrected chi connectivity index (χ2v) is 6.65. The zero-order valence-corrected chi connectivity index (χ0v) is 17.8. The Bertz CT molecular complexity index is 513. The zero-order chi connectivity index (χ0) is 16.7. The number of aryl methyl sites for hydroxylation is 3. The summed E-state index contributed by atoms with van der Waals surface area (Å²) in [5.74, 6) is 1.63. The highest BCUT2D eigenvalue weighted by molar-refractivity contribution is 14.0. The fourth-order valence-corrected chi connectivity index (χ4v) is 3.24. The summed E-state index contributed by atoms with van der Waals surface area (Å²) in [4.78, 5) is 6.73. The Kier molecular flexibility index (Phi) is 9.65. The van der Waals surface area contributed by atoms with Gasteiger partial charge in [0.15, 0.2) is 5.96 Å². The Balaban J connectivity index is 0.00000288. The summed E-state index contributed by atoms with van der Waals surface area (Å²) in [6.45, 7) is 9.41. The van der Waals surface area contributed by atoms with Gasteiger partial charge in [0.2, 0.25) is 0 Å². The van der Waals surface area contributed by atoms with Crippen LogP contribution in [-0.2, 0) is 6.54 Å². The van der Waals surface area contributed by atoms with Crippen LogP contribution in [-0.4, -0.2) is 60.9 Å². The number of likely N-dealkylation sites (tertiary alicyclic amines) is 1. The molecule has 0 bridgehead atoms. The number of aliphatic imine (C=N–C) groups is 1. The number of piperidine rings is 1. The summed E-state index contributed by atoms with van der Waals surface area (Å²) in [5.41, 5.74) is 2.32. The lowest BCUT2D eigenvalue weighted by atomic mass is 9.99. The number of halogens is 1. The van der Waals surface area contributed by atoms with E-state index < -0.39 is 0 Å². The smallest absolute Gasteiger partial charge is 0.190 e. The number of nitrogens with one attached hydrogen (secondary N) is 2. The molecular formula is C17H33IN6. The lowest BCUT2D eigenvalue weighted by molar-refractivity contribution is 0.210. The van der Waals surface area contributed by atoms with E-state index in [1.54, 1.807) is 0 Å². The average Bonchev–Trinajstić information content (AvgIpc) is 2.84. The molecule has 1 atom stereocenters. The van der Waals surface area contributed by atoms with Crippen molar-refractivity contribution in [3.63, 3.8) is 0 Å². The number of hydrogen-bond acceptors (Lipinski definition) is 3. The van der Waals surface area contributed by atoms with Crippen molar-refractivity contribution in [1.82, 2.24) is 25.3 Å². The van der Waals surface area contributed by atoms with Crippen molar-refractivity contribution in [2.24, 2.45) is 10.9 Å². The van der Waals surface area contributed by atoms with Gasteiger partial charge < -0.3 is 15.5 Å². The third-order valence-electron chi connectivity index (χ3n) is 4.45. The molecule has 138 valence electrons. The van der Waals surface area contributed by atoms with Crippen LogP contribution in [0.1, 0.15) is 30.7 Å². The van der Waals surface area contributed by atoms with Crippen LogP contribution in [0, 0.1) is 19.8 Å². The predicted molar refractivity (Wildman–Crippen MR) is 111 cm³/mol. The molecule has 1 aromatic heterocycles. The van der Waals surface area contributed by atoms with Crippen molar-refractivity contribution < 1.29 is 0 Å². The number of hydrogen-bond donors (Lipinski definition) is 2. The SMILES string of the molecule is CN=C(NCCCn1nc(C)cc1C)NCC1CCCN(C)C1.I. The van der Waals surface area contributed by atoms with Crippen LogP contribution < -0.4 is 10.6 Å². The van der Waals surface area contributed by atoms with E-state index in [0.29, 0.717) is 0 Å². The van der Waals surface area contributed by atoms with E-state index in [2.05, 4.69) is 50.3 Å². The van der Waals surface area contributed by atoms with Gasteiger partial charge in [-0.15, -0.1) is 24.0 Å². The second-order valence-electron chi connectivity index (χ2n) is 6.65. The van der Waals surface area contributed by atoms with Gasteiger partial charge >= 0.3 is 0 Å². The molecule has 7 heteroatoms. The molecule has 2 rings (SSSR count). The standard InChI is InChI=1S/C17H32N6.HI/c1-14-11-15(2)23(21-14)10-6-8-19-17(18-3)20-12-16-7-5-9-22(4)13-16;/h11,16H,5-10,12-13H2,1-4H3,(H2,18,19,20);1H. The van der Waals surface area contributed by atoms with Crippen LogP contribution in [0.4, 0.5) is 0 Å². The van der Waals surface area contributed by atoms with Gasteiger partial charge in [0.1, 0.15) is 0 Å². The Morgan fingerprint density at radius 1 is 1.38 bits per heavy atom. The van der Waals surface area contributed by atoms with Crippen LogP contribution in [0.15, 0.2) is 11.1 Å². The number of rotatable bonds is 6. The minimum atomic E-state index is 0. The van der Waals surface area contributed by atoms with Crippen molar-refractivity contribution in [2.75, 3.05) is 40.3 Å². The number of aromatic nitrogens is 2. The van der Waals surface area contributed by atoms with E-state index in [9.17, 15) is 0 Å². The molecule has 0 aliphatic carbocycles. The van der Waals surface area contributed by atoms with E-state index in [-0.39, 0.29) is 24.0 Å². The molecule has 0 spiro atoms. The van der Waals surface area contributed by atoms with E-state index in [1.165, 1.54) is 31.6 Å². The first-order valence-electron chi connectivity index (χ1n) is 8.72. The highest BCUT2D eigenvalue weighted by atomic mass is 127. The third-order valence-corrected chi connectivity index (χ3v) is 4.45. The van der Waals surface area contributed by atoms with Crippen LogP contribution in [0.3, 0.4) is 0 Å². The fraction of sp³-hybridized carbons (Fsp3) is 0.765. The van der Waals surface area contributed by atoms with Crippen molar-refractivity contribution in [2.45, 2.75) is 39.7 Å². The molecule has 0 saturated carbocycles. The molecule has 1 fully saturated rings. The minimum absolute atomic E-state index is 0. The van der Waals surface area contributed by atoms with E-state index >= 15 is 0 Å². The van der Waals surface area contributed by atoms with Gasteiger partial charge in [0.05, 0.1) is 5.69 Å². The van der Waals surface area contributed by atoms with Crippen molar-refractivity contribution in [3.05, 3.63) is 17.5 Å². The summed E-state index contributed by atoms with van der Waals surface area (Å²) >= 11 is 0. The fourth-order valence-electron chi connectivity index (χ4n) is 3.24. The molecule has 0 amide bonds. The summed E-state index contributed by atoms with van der Waals surface area (Å²) in [6, 6.07) is 2.12. The van der Waals surface area contributed by atoms with Gasteiger partial charge in [-0.1, -0.05) is 0 Å². The number of guanidine groups is 1. The van der Waals surface area contributed by atoms with Gasteiger partial charge in [-0.3, -0.25) is 9.67 Å². The first-order valence-corrected chi connectivity index (χ1v) is 8.72. The Hall–Kier alpha value is -0.830. The monoisotopic (exact) mass is 448 g/mol. The first-order chi connectivity index (χ1) is 11.1. The predicted octanol–water partition coefficient (Wildman–Crippen LogP) is 2.01. The molecule has 1 aliphatic rings. The molecule has 0 radical (unpaired) electrons. The van der Waals surface area contributed by atoms with E-state index in [4.69, 9.17) is 0 Å². The van der Waals surface area contributed by atoms with Gasteiger partial charge in [-0.25, -0.2) is 0 Å². The molecule has 1 aliphatic heterocycles. The summed E-state index contributed by atoms with van der Waals surface area (Å²) in [5, 5.41) is 11.4. The highest BCUT2D eigenvalue weighted by Crippen LogP contribution is 2.13. The van der Waals surface area contributed by atoms with E-state index in [0.717, 1.165) is 43.6 Å². The highest BCUT2D eigenvalue weighted by Gasteiger charge is 2.17. The molecule has 6 nitrogen and oxygen atoms in total. The lowest BCUT2D eigenvalue weighted by Gasteiger charge is -2.30. The number of nitrogens with zero attached hydrogens (tertiary/aromatic N) is 4. The topological polar surface area (TPSA) is 57.5 Å². The Morgan fingerprint density at radius 3 is 2.79 bits per heavy atom. The summed E-state index contributed by atoms with van der Waals surface area (Å²) in [7, 11) is 4.04. The van der Waals surface area contributed by atoms with Gasteiger partial charge in [0, 0.05) is 38.9 Å². The van der Waals surface area contributed by atoms with Crippen molar-refractivity contribution in [3.8, 4) is 0 Å². The molecule has 1 unspecified atom stereocenters. The van der Waals surface area contributed by atoms with Crippen LogP contribution in [0.25, 0.3) is 0 Å². The van der Waals surface area contributed by atoms with Crippen LogP contribution >= 0.6 is 24.0 Å². The maximum absolute atomic E-state index is 4.49. The quantitative estimate of drug-likeness (QED) is 0.303. The van der Waals surface area contributed by atoms with Crippen LogP contribution in [0.2, 0.25) is 0 Å². The maximum atomic E-state index is 4.49. The molecule has 2 heterocycles. The zero-order valence-electron chi connectivity index (χ0n) is 15.5. The molecule has 24 heavy (non-hydrogen) atoms. The molecule has 1 saturated heterocycles. The Morgan fingerprint density at radius 2 is 2.17 bits per heavy atom. The van der Waals surface area contributed by atoms with Gasteiger partial charge in [-0.2, -0.15) is 5.10 Å². The lowest BCUT2D eigenvalue weighted by Crippen LogP contribution is -2.43. The molecule has 1 aromatic rings. The Labute approximate surface area is 163 Å². The average molecular weight is 448 g/mol. The minimum Gasteiger partial charge on any atom is -0.356 e. The summed E-state index contributed by atoms with van der Waals surface area (Å²) in [6.07, 6.45) is 3.65. The third kappa shape index (κ3) is 6.96. The first kappa shape index (κ1) is 21.2. The molecule has 0 aromatic carbocycles. The van der Waals surface area contributed by atoms with E-state index in [1.807, 2.05) is 14.0 Å². The maximum Gasteiger partial charge on any atom is 0.190 e. The van der Waals surface area contributed by atoms with Crippen LogP contribution in [0.5, 0.6) is 0 Å². The van der Waals surface area contributed by atoms with Gasteiger partial charge in [-0.05, 0) is 58.7 Å². The molecule has 2 N–H and O–H groups in total.